The number of phenols is 1. The van der Waals surface area contributed by atoms with Gasteiger partial charge in [-0.3, -0.25) is 33.6 Å². The average molecular weight is 1660 g/mol. The van der Waals surface area contributed by atoms with Crippen LogP contribution in [-0.2, 0) is 99.8 Å². The van der Waals surface area contributed by atoms with Gasteiger partial charge in [-0.15, -0.1) is 0 Å². The molecule has 117 heavy (non-hydrogen) atoms. The molecular weight excluding hydrogens is 1530 g/mol. The minimum atomic E-state index is -4.42. The summed E-state index contributed by atoms with van der Waals surface area (Å²) in [6.07, 6.45) is 20.2. The lowest BCUT2D eigenvalue weighted by atomic mass is 9.48. The third-order valence-corrected chi connectivity index (χ3v) is 29.3. The van der Waals surface area contributed by atoms with Gasteiger partial charge in [-0.05, 0) is 300 Å². The zero-order valence-electron chi connectivity index (χ0n) is 72.0. The highest BCUT2D eigenvalue weighted by Gasteiger charge is 2.66. The number of esters is 7. The molecular formula is C95H129FO19S2. The van der Waals surface area contributed by atoms with Crippen LogP contribution in [0.1, 0.15) is 263 Å². The average Bonchev–Trinajstić information content (AvgIpc) is 1.44. The molecule has 22 heteroatoms. The molecule has 8 atom stereocenters. The number of fused-ring (bicyclic) bond motifs is 2. The van der Waals surface area contributed by atoms with Gasteiger partial charge in [-0.1, -0.05) is 115 Å². The number of halogens is 1. The summed E-state index contributed by atoms with van der Waals surface area (Å²) in [7, 11) is -4.43. The summed E-state index contributed by atoms with van der Waals surface area (Å²) in [6.45, 7) is 30.3. The maximum absolute atomic E-state index is 13.2. The van der Waals surface area contributed by atoms with Crippen molar-refractivity contribution < 1.29 is 93.9 Å². The number of aryl methyl sites for hydroxylation is 1. The zero-order valence-corrected chi connectivity index (χ0v) is 73.6. The lowest BCUT2D eigenvalue weighted by Crippen LogP contribution is -2.60. The molecule has 0 aromatic heterocycles. The molecule has 8 unspecified atom stereocenters. The van der Waals surface area contributed by atoms with Crippen LogP contribution in [-0.4, -0.2) is 108 Å². The number of hydrogen-bond acceptors (Lipinski definition) is 19. The zero-order chi connectivity index (χ0) is 85.7. The summed E-state index contributed by atoms with van der Waals surface area (Å²) < 4.78 is 90.2. The SMILES string of the molecule is CCC(C)(C)C(=O)OC1(C)CCc2cc(F)ccc21.CCC(C)(C)C(=O)OC1(C2CCCCC2)CCCC1.CCC(C)(C)C(=O)OC12CC3CC(C1)CC(C(=O)OCCS(=O)(=O)[O-])(C3)C2.CCC(C)(C)C(=O)OC1C2CC3C(=O)OC1C3O2.CCC(C)(C)C(=O)Oc1ccc(O)cc1.c1ccc([S+](c2ccccc2)c2ccccc2)cc1. The Hall–Kier alpha value is -7.66. The van der Waals surface area contributed by atoms with Gasteiger partial charge in [0.25, 0.3) is 0 Å². The molecule has 0 amide bonds. The molecule has 9 fully saturated rings. The quantitative estimate of drug-likeness (QED) is 0.0209. The second kappa shape index (κ2) is 38.8. The first kappa shape index (κ1) is 93.2. The van der Waals surface area contributed by atoms with Crippen molar-refractivity contribution in [1.82, 2.24) is 0 Å². The maximum Gasteiger partial charge on any atom is 0.316 e. The second-order valence-electron chi connectivity index (χ2n) is 37.2. The fraction of sp³-hybridized carbons (Fsp3) is 0.611. The van der Waals surface area contributed by atoms with Gasteiger partial charge < -0.3 is 47.6 Å². The Balaban J connectivity index is 0.000000162. The lowest BCUT2D eigenvalue weighted by Gasteiger charge is -2.60. The third-order valence-electron chi connectivity index (χ3n) is 26.4. The van der Waals surface area contributed by atoms with E-state index in [-0.39, 0.29) is 87.4 Å². The molecule has 0 radical (unpaired) electrons. The van der Waals surface area contributed by atoms with Crippen molar-refractivity contribution in [3.05, 3.63) is 150 Å². The van der Waals surface area contributed by atoms with E-state index in [1.54, 1.807) is 24.3 Å². The van der Waals surface area contributed by atoms with E-state index in [0.29, 0.717) is 62.0 Å². The predicted molar refractivity (Wildman–Crippen MR) is 446 cm³/mol. The van der Waals surface area contributed by atoms with E-state index in [1.165, 1.54) is 77.8 Å². The van der Waals surface area contributed by atoms with Crippen molar-refractivity contribution in [3.63, 3.8) is 0 Å². The van der Waals surface area contributed by atoms with Gasteiger partial charge in [0.15, 0.2) is 26.9 Å². The predicted octanol–water partition coefficient (Wildman–Crippen LogP) is 19.8. The molecule has 5 aromatic rings. The van der Waals surface area contributed by atoms with Crippen LogP contribution >= 0.6 is 0 Å². The third kappa shape index (κ3) is 23.3. The van der Waals surface area contributed by atoms with E-state index in [0.717, 1.165) is 75.3 Å². The number of phenolic OH excluding ortho intramolecular Hbond substituents is 1. The van der Waals surface area contributed by atoms with E-state index in [4.69, 9.17) is 43.0 Å². The van der Waals surface area contributed by atoms with Crippen molar-refractivity contribution in [2.24, 2.45) is 56.2 Å². The Morgan fingerprint density at radius 3 is 1.55 bits per heavy atom. The van der Waals surface area contributed by atoms with Crippen LogP contribution in [0.25, 0.3) is 0 Å². The number of aromatic hydroxyl groups is 1. The molecule has 3 heterocycles. The topological polar surface area (TPSA) is 271 Å². The molecule has 3 saturated heterocycles. The van der Waals surface area contributed by atoms with Crippen LogP contribution in [0.2, 0.25) is 0 Å². The summed E-state index contributed by atoms with van der Waals surface area (Å²) >= 11 is 0. The fourth-order valence-corrected chi connectivity index (χ4v) is 19.6. The van der Waals surface area contributed by atoms with Gasteiger partial charge in [0.1, 0.15) is 46.8 Å². The second-order valence-corrected chi connectivity index (χ2v) is 40.7. The fourth-order valence-electron chi connectivity index (χ4n) is 17.2. The number of hydrogen-bond donors (Lipinski definition) is 1. The van der Waals surface area contributed by atoms with Gasteiger partial charge >= 0.3 is 41.8 Å². The van der Waals surface area contributed by atoms with Crippen LogP contribution in [0.4, 0.5) is 4.39 Å². The van der Waals surface area contributed by atoms with Crippen LogP contribution in [0, 0.1) is 62.0 Å². The normalized spacial score (nSPS) is 25.1. The molecule has 642 valence electrons. The maximum atomic E-state index is 13.2. The highest BCUT2D eigenvalue weighted by atomic mass is 32.2. The van der Waals surface area contributed by atoms with Crippen molar-refractivity contribution in [3.8, 4) is 11.5 Å². The Morgan fingerprint density at radius 1 is 0.573 bits per heavy atom. The van der Waals surface area contributed by atoms with Crippen molar-refractivity contribution >= 4 is 62.8 Å². The molecule has 7 aliphatic carbocycles. The van der Waals surface area contributed by atoms with E-state index in [9.17, 15) is 50.9 Å². The van der Waals surface area contributed by atoms with E-state index in [1.807, 2.05) is 104 Å². The van der Waals surface area contributed by atoms with Crippen molar-refractivity contribution in [2.75, 3.05) is 12.4 Å². The van der Waals surface area contributed by atoms with Gasteiger partial charge in [-0.2, -0.15) is 0 Å². The smallest absolute Gasteiger partial charge is 0.316 e. The largest absolute Gasteiger partial charge is 0.748 e. The lowest BCUT2D eigenvalue weighted by molar-refractivity contribution is -0.217. The number of carbonyl (C=O) groups excluding carboxylic acids is 7. The molecule has 19 nitrogen and oxygen atoms in total. The summed E-state index contributed by atoms with van der Waals surface area (Å²) in [5, 5.41) is 9.06. The number of ether oxygens (including phenoxy) is 8. The van der Waals surface area contributed by atoms with Crippen molar-refractivity contribution in [1.29, 1.82) is 0 Å². The van der Waals surface area contributed by atoms with Gasteiger partial charge in [0.2, 0.25) is 0 Å². The first-order valence-electron chi connectivity index (χ1n) is 42.6. The Kier molecular flexibility index (Phi) is 30.9. The highest BCUT2D eigenvalue weighted by Crippen LogP contribution is 2.64. The summed E-state index contributed by atoms with van der Waals surface area (Å²) in [5.74, 6) is -0.782. The van der Waals surface area contributed by atoms with E-state index < -0.39 is 78.9 Å². The first-order valence-corrected chi connectivity index (χ1v) is 45.4. The van der Waals surface area contributed by atoms with Gasteiger partial charge in [-0.25, -0.2) is 12.8 Å². The van der Waals surface area contributed by atoms with E-state index in [2.05, 4.69) is 97.9 Å². The monoisotopic (exact) mass is 1660 g/mol. The molecule has 0 spiro atoms. The molecule has 6 bridgehead atoms. The minimum absolute atomic E-state index is 0.0146. The summed E-state index contributed by atoms with van der Waals surface area (Å²) in [4.78, 5) is 89.6. The van der Waals surface area contributed by atoms with Crippen LogP contribution in [0.3, 0.4) is 0 Å². The molecule has 5 aromatic carbocycles. The van der Waals surface area contributed by atoms with Gasteiger partial charge in [0.05, 0.1) is 71.3 Å². The van der Waals surface area contributed by atoms with Crippen LogP contribution < -0.4 is 4.74 Å². The Morgan fingerprint density at radius 2 is 1.05 bits per heavy atom. The molecule has 10 aliphatic rings. The number of benzene rings is 5. The Bertz CT molecular complexity index is 4190. The minimum Gasteiger partial charge on any atom is -0.748 e. The molecule has 15 rings (SSSR count). The first-order chi connectivity index (χ1) is 55.0. The van der Waals surface area contributed by atoms with Crippen LogP contribution in [0.15, 0.2) is 148 Å². The van der Waals surface area contributed by atoms with Crippen molar-refractivity contribution in [2.45, 2.75) is 314 Å². The highest BCUT2D eigenvalue weighted by molar-refractivity contribution is 7.97. The standard InChI is InChI=1S/C19H30O7S.C18H15S.C17H30O2.C16H21FO2.C13H18O5.C12H16O3/c1-4-17(2,3)15(20)26-19-10-13-7-14(11-19)9-18(8-13,12-19)16(21)25-5-6-27(22,23)24;1-4-10-16(11-5-1)19(17-12-6-2-7-13-17)18-14-8-3-9-15-18;1-4-16(2,3)15(18)19-17(12-8-9-13-17)14-10-6-5-7-11-14;1-5-15(2,3)14(18)19-16(4)9-8-11-10-12(17)6-7-13(11)16;1-4-13(2,3)12(15)18-9-7-5-6-8(16-7)10(9)17-11(6)14;1-4-12(2,3)11(14)15-10-7-5-9(13)6-8-10/h13-14H,4-12H2,1-3H3,(H,22,23,24);1-15H;14H,4-13H2,1-3H3;6-7,10H,5,8-9H2,1-4H3;6-10H,4-5H2,1-3H3;5-8,13H,4H2,1-3H3/q;+1;;;;/p-1. The summed E-state index contributed by atoms with van der Waals surface area (Å²) in [5.41, 5.74) is -2.56. The van der Waals surface area contributed by atoms with Gasteiger partial charge in [0, 0.05) is 6.42 Å². The molecule has 3 aliphatic heterocycles. The summed E-state index contributed by atoms with van der Waals surface area (Å²) in [6, 6.07) is 43.0. The number of rotatable bonds is 23. The molecule has 1 N–H and O–H groups in total. The van der Waals surface area contributed by atoms with Crippen LogP contribution in [0.5, 0.6) is 11.5 Å². The van der Waals surface area contributed by atoms with E-state index >= 15 is 0 Å². The Labute approximate surface area is 697 Å². The number of carbonyl (C=O) groups is 7. The molecule has 6 saturated carbocycles.